The Morgan fingerprint density at radius 2 is 2.03 bits per heavy atom. The summed E-state index contributed by atoms with van der Waals surface area (Å²) in [6, 6.07) is 2.76. The molecule has 1 heterocycles. The number of hydrogen-bond donors (Lipinski definition) is 6. The lowest BCUT2D eigenvalue weighted by atomic mass is 9.78. The third-order valence-corrected chi connectivity index (χ3v) is 7.91. The fraction of sp³-hybridized carbons (Fsp3) is 0.524. The van der Waals surface area contributed by atoms with Gasteiger partial charge in [0.05, 0.1) is 47.1 Å². The molecule has 0 aliphatic heterocycles. The molecule has 3 aliphatic rings. The van der Waals surface area contributed by atoms with Crippen molar-refractivity contribution in [2.24, 2.45) is 16.8 Å². The van der Waals surface area contributed by atoms with E-state index in [0.717, 1.165) is 52.3 Å². The number of nitriles is 1. The summed E-state index contributed by atoms with van der Waals surface area (Å²) in [5.74, 6) is 1.02. The van der Waals surface area contributed by atoms with Crippen molar-refractivity contribution >= 4 is 23.3 Å². The first kappa shape index (κ1) is 23.8. The van der Waals surface area contributed by atoms with E-state index in [9.17, 15) is 10.4 Å². The zero-order chi connectivity index (χ0) is 22.6. The van der Waals surface area contributed by atoms with Gasteiger partial charge in [0.25, 0.3) is 0 Å². The number of aliphatic hydroxyl groups excluding tert-OH is 2. The third-order valence-electron chi connectivity index (χ3n) is 6.04. The largest absolute Gasteiger partial charge is 0.393 e. The zero-order valence-corrected chi connectivity index (χ0v) is 18.9. The lowest BCUT2D eigenvalue weighted by Gasteiger charge is -2.33. The Kier molecular flexibility index (Phi) is 7.80. The van der Waals surface area contributed by atoms with E-state index in [2.05, 4.69) is 22.9 Å². The van der Waals surface area contributed by atoms with Crippen LogP contribution in [0.2, 0.25) is 0 Å². The Hall–Kier alpha value is -1.87. The molecular weight excluding hydrogens is 434 g/mol. The summed E-state index contributed by atoms with van der Waals surface area (Å²) in [6.07, 6.45) is 8.27. The van der Waals surface area contributed by atoms with E-state index in [4.69, 9.17) is 21.1 Å². The Bertz CT molecular complexity index is 930. The van der Waals surface area contributed by atoms with Gasteiger partial charge in [-0.2, -0.15) is 5.26 Å². The molecule has 2 unspecified atom stereocenters. The number of allylic oxidation sites excluding steroid dienone is 2. The Balaban J connectivity index is 0.000000187. The second kappa shape index (κ2) is 10.2. The van der Waals surface area contributed by atoms with Gasteiger partial charge in [0.1, 0.15) is 5.01 Å². The number of nitrogens with one attached hydrogen (secondary N) is 1. The van der Waals surface area contributed by atoms with Crippen LogP contribution in [0.1, 0.15) is 43.5 Å². The van der Waals surface area contributed by atoms with Crippen LogP contribution >= 0.6 is 23.3 Å². The number of thiazole rings is 1. The highest BCUT2D eigenvalue weighted by atomic mass is 32.2. The maximum absolute atomic E-state index is 9.61. The Morgan fingerprint density at radius 1 is 1.32 bits per heavy atom. The number of rotatable bonds is 6. The van der Waals surface area contributed by atoms with Gasteiger partial charge in [0.2, 0.25) is 0 Å². The molecule has 31 heavy (non-hydrogen) atoms. The maximum atomic E-state index is 9.61. The van der Waals surface area contributed by atoms with Crippen LogP contribution in [0.15, 0.2) is 45.1 Å². The van der Waals surface area contributed by atoms with Crippen LogP contribution in [-0.2, 0) is 5.60 Å². The van der Waals surface area contributed by atoms with Crippen molar-refractivity contribution in [1.82, 2.24) is 10.3 Å². The smallest absolute Gasteiger partial charge is 0.162 e. The highest BCUT2D eigenvalue weighted by molar-refractivity contribution is 7.99. The molecule has 168 valence electrons. The van der Waals surface area contributed by atoms with Crippen molar-refractivity contribution in [3.63, 3.8) is 0 Å². The predicted molar refractivity (Wildman–Crippen MR) is 121 cm³/mol. The Morgan fingerprint density at radius 3 is 2.61 bits per heavy atom. The number of hydrogen-bond acceptors (Lipinski definition) is 10. The molecule has 0 saturated heterocycles. The second-order valence-electron chi connectivity index (χ2n) is 7.97. The van der Waals surface area contributed by atoms with Crippen molar-refractivity contribution in [3.05, 3.63) is 45.9 Å². The van der Waals surface area contributed by atoms with Crippen molar-refractivity contribution in [2.45, 2.75) is 54.4 Å². The minimum Gasteiger partial charge on any atom is -0.393 e. The van der Waals surface area contributed by atoms with Crippen LogP contribution in [0.5, 0.6) is 0 Å². The van der Waals surface area contributed by atoms with Crippen LogP contribution in [-0.4, -0.2) is 39.6 Å². The average molecular weight is 464 g/mol. The van der Waals surface area contributed by atoms with Crippen LogP contribution < -0.4 is 16.2 Å². The van der Waals surface area contributed by atoms with Crippen LogP contribution in [0.3, 0.4) is 0 Å². The first-order valence-electron chi connectivity index (χ1n) is 10.2. The number of nitrogens with zero attached hydrogens (tertiary/aromatic N) is 2. The molecule has 1 fully saturated rings. The van der Waals surface area contributed by atoms with Gasteiger partial charge in [-0.25, -0.2) is 4.98 Å². The fourth-order valence-electron chi connectivity index (χ4n) is 4.62. The van der Waals surface area contributed by atoms with Crippen LogP contribution in [0.4, 0.5) is 0 Å². The topological polar surface area (TPSA) is 161 Å². The zero-order valence-electron chi connectivity index (χ0n) is 17.3. The first-order valence-corrected chi connectivity index (χ1v) is 11.9. The molecule has 8 N–H and O–H groups in total. The Labute approximate surface area is 190 Å². The van der Waals surface area contributed by atoms with E-state index < -0.39 is 18.8 Å². The summed E-state index contributed by atoms with van der Waals surface area (Å²) < 4.78 is 0.718. The second-order valence-corrected chi connectivity index (χ2v) is 9.93. The highest BCUT2D eigenvalue weighted by Gasteiger charge is 2.40. The normalized spacial score (nSPS) is 22.4. The molecule has 1 aromatic rings. The van der Waals surface area contributed by atoms with Crippen molar-refractivity contribution < 1.29 is 15.3 Å². The number of fused-ring (bicyclic) bond motifs is 1. The van der Waals surface area contributed by atoms with E-state index in [0.29, 0.717) is 17.8 Å². The average Bonchev–Trinajstić information content (AvgIpc) is 3.53. The molecule has 4 rings (SSSR count). The van der Waals surface area contributed by atoms with Gasteiger partial charge in [0, 0.05) is 5.92 Å². The van der Waals surface area contributed by atoms with Crippen molar-refractivity contribution in [3.8, 4) is 6.07 Å². The van der Waals surface area contributed by atoms with Gasteiger partial charge in [-0.1, -0.05) is 6.58 Å². The van der Waals surface area contributed by atoms with Crippen molar-refractivity contribution in [2.75, 3.05) is 13.2 Å². The van der Waals surface area contributed by atoms with Gasteiger partial charge in [-0.05, 0) is 67.2 Å². The van der Waals surface area contributed by atoms with Crippen molar-refractivity contribution in [1.29, 1.82) is 5.26 Å². The third kappa shape index (κ3) is 4.82. The van der Waals surface area contributed by atoms with Crippen LogP contribution in [0.25, 0.3) is 0 Å². The van der Waals surface area contributed by atoms with E-state index in [1.807, 2.05) is 0 Å². The molecule has 0 spiro atoms. The van der Waals surface area contributed by atoms with Gasteiger partial charge < -0.3 is 26.4 Å². The SMILES string of the molecule is C=C(N)NC1C2=C(CCC2)C(C#N)=C2CCCC21.NSc1cnc(C(O)(CO)CO)s1. The maximum Gasteiger partial charge on any atom is 0.162 e. The van der Waals surface area contributed by atoms with E-state index >= 15 is 0 Å². The van der Waals surface area contributed by atoms with Gasteiger partial charge in [-0.3, -0.25) is 5.14 Å². The molecule has 2 atom stereocenters. The van der Waals surface area contributed by atoms with Gasteiger partial charge in [-0.15, -0.1) is 11.3 Å². The molecule has 0 bridgehead atoms. The summed E-state index contributed by atoms with van der Waals surface area (Å²) in [7, 11) is 0. The van der Waals surface area contributed by atoms with E-state index in [1.165, 1.54) is 42.2 Å². The summed E-state index contributed by atoms with van der Waals surface area (Å²) in [4.78, 5) is 3.85. The summed E-state index contributed by atoms with van der Waals surface area (Å²) >= 11 is 2.15. The minimum atomic E-state index is -1.65. The van der Waals surface area contributed by atoms with Crippen LogP contribution in [0, 0.1) is 17.2 Å². The molecule has 0 radical (unpaired) electrons. The highest BCUT2D eigenvalue weighted by Crippen LogP contribution is 2.48. The summed E-state index contributed by atoms with van der Waals surface area (Å²) in [6.45, 7) is 2.65. The molecule has 1 saturated carbocycles. The summed E-state index contributed by atoms with van der Waals surface area (Å²) in [5.41, 5.74) is 9.20. The van der Waals surface area contributed by atoms with E-state index in [1.54, 1.807) is 0 Å². The summed E-state index contributed by atoms with van der Waals surface area (Å²) in [5, 5.41) is 45.6. The lowest BCUT2D eigenvalue weighted by Crippen LogP contribution is -2.40. The number of aromatic nitrogens is 1. The first-order chi connectivity index (χ1) is 14.9. The molecule has 0 amide bonds. The number of nitrogens with two attached hydrogens (primary N) is 2. The predicted octanol–water partition coefficient (Wildman–Crippen LogP) is 1.77. The molecular formula is C21H29N5O3S2. The quantitative estimate of drug-likeness (QED) is 0.345. The molecule has 0 aromatic carbocycles. The standard InChI is InChI=1S/C15H19N3.C6H10N2O3S2/c1-9(17)18-15-12-6-2-4-10(12)14(8-16)11-5-3-7-13(11)15;7-13-4-1-8-5(12-4)6(11,2-9)3-10/h12,15,18H,1-7,17H2;1,9-11H,2-3,7H2. The number of aliphatic hydroxyl groups is 3. The molecule has 1 aromatic heterocycles. The molecule has 8 nitrogen and oxygen atoms in total. The molecule has 3 aliphatic carbocycles. The minimum absolute atomic E-state index is 0.269. The molecule has 10 heteroatoms. The van der Waals surface area contributed by atoms with Gasteiger partial charge >= 0.3 is 0 Å². The lowest BCUT2D eigenvalue weighted by molar-refractivity contribution is -0.0599. The monoisotopic (exact) mass is 463 g/mol. The van der Waals surface area contributed by atoms with E-state index in [-0.39, 0.29) is 5.01 Å². The van der Waals surface area contributed by atoms with Gasteiger partial charge in [0.15, 0.2) is 5.60 Å². The fourth-order valence-corrected chi connectivity index (χ4v) is 5.89.